The Bertz CT molecular complexity index is 897. The third kappa shape index (κ3) is 6.04. The Morgan fingerprint density at radius 3 is 2.38 bits per heavy atom. The highest BCUT2D eigenvalue weighted by Gasteiger charge is 2.31. The van der Waals surface area contributed by atoms with Crippen LogP contribution in [0, 0.1) is 11.7 Å². The van der Waals surface area contributed by atoms with Gasteiger partial charge in [-0.25, -0.2) is 12.8 Å². The highest BCUT2D eigenvalue weighted by atomic mass is 32.2. The maximum absolute atomic E-state index is 13.0. The molecule has 1 N–H and O–H groups in total. The lowest BCUT2D eigenvalue weighted by atomic mass is 9.97. The van der Waals surface area contributed by atoms with Gasteiger partial charge in [0, 0.05) is 30.4 Å². The average molecular weight is 437 g/mol. The Kier molecular flexibility index (Phi) is 7.69. The Balaban J connectivity index is 1.39. The topological polar surface area (TPSA) is 66.5 Å². The normalized spacial score (nSPS) is 15.9. The molecule has 0 atom stereocenters. The Hall–Kier alpha value is -1.90. The zero-order valence-electron chi connectivity index (χ0n) is 16.1. The van der Waals surface area contributed by atoms with Gasteiger partial charge in [0.2, 0.25) is 15.9 Å². The third-order valence-corrected chi connectivity index (χ3v) is 7.92. The number of sulfonamides is 1. The van der Waals surface area contributed by atoms with Crippen LogP contribution in [0.4, 0.5) is 4.39 Å². The standard InChI is InChI=1S/C21H25FN2O3S2/c22-18-7-9-20(10-8-18)29(26,27)24-14-11-17(12-15-24)21(25)23-13-4-16-28-19-5-2-1-3-6-19/h1-3,5-10,17H,4,11-16H2,(H,23,25). The number of carbonyl (C=O) groups is 1. The minimum atomic E-state index is -3.65. The van der Waals surface area contributed by atoms with Crippen molar-refractivity contribution in [3.8, 4) is 0 Å². The molecule has 1 saturated heterocycles. The maximum atomic E-state index is 13.0. The fourth-order valence-corrected chi connectivity index (χ4v) is 5.59. The van der Waals surface area contributed by atoms with Crippen LogP contribution in [-0.2, 0) is 14.8 Å². The van der Waals surface area contributed by atoms with E-state index in [2.05, 4.69) is 17.4 Å². The van der Waals surface area contributed by atoms with E-state index in [-0.39, 0.29) is 16.7 Å². The largest absolute Gasteiger partial charge is 0.356 e. The van der Waals surface area contributed by atoms with Crippen molar-refractivity contribution in [2.24, 2.45) is 5.92 Å². The number of nitrogens with one attached hydrogen (secondary N) is 1. The molecular formula is C21H25FN2O3S2. The van der Waals surface area contributed by atoms with Crippen LogP contribution in [0.3, 0.4) is 0 Å². The first-order chi connectivity index (χ1) is 14.0. The maximum Gasteiger partial charge on any atom is 0.243 e. The van der Waals surface area contributed by atoms with Crippen LogP contribution in [0.15, 0.2) is 64.4 Å². The van der Waals surface area contributed by atoms with E-state index < -0.39 is 15.8 Å². The van der Waals surface area contributed by atoms with Crippen molar-refractivity contribution < 1.29 is 17.6 Å². The molecule has 5 nitrogen and oxygen atoms in total. The summed E-state index contributed by atoms with van der Waals surface area (Å²) in [6.45, 7) is 1.20. The van der Waals surface area contributed by atoms with Crippen LogP contribution in [-0.4, -0.2) is 44.0 Å². The van der Waals surface area contributed by atoms with Gasteiger partial charge < -0.3 is 5.32 Å². The fourth-order valence-electron chi connectivity index (χ4n) is 3.25. The van der Waals surface area contributed by atoms with Gasteiger partial charge in [0.25, 0.3) is 0 Å². The van der Waals surface area contributed by atoms with Gasteiger partial charge in [-0.15, -0.1) is 11.8 Å². The van der Waals surface area contributed by atoms with Crippen LogP contribution in [0.2, 0.25) is 0 Å². The quantitative estimate of drug-likeness (QED) is 0.508. The molecule has 0 aliphatic carbocycles. The van der Waals surface area contributed by atoms with E-state index in [1.807, 2.05) is 18.2 Å². The van der Waals surface area contributed by atoms with Crippen LogP contribution < -0.4 is 5.32 Å². The molecule has 0 aromatic heterocycles. The first kappa shape index (κ1) is 21.8. The van der Waals surface area contributed by atoms with Crippen LogP contribution >= 0.6 is 11.8 Å². The minimum Gasteiger partial charge on any atom is -0.356 e. The number of benzene rings is 2. The number of rotatable bonds is 8. The lowest BCUT2D eigenvalue weighted by molar-refractivity contribution is -0.126. The zero-order valence-corrected chi connectivity index (χ0v) is 17.7. The van der Waals surface area contributed by atoms with Crippen LogP contribution in [0.5, 0.6) is 0 Å². The number of halogens is 1. The van der Waals surface area contributed by atoms with Crippen molar-refractivity contribution in [2.45, 2.75) is 29.1 Å². The summed E-state index contributed by atoms with van der Waals surface area (Å²) >= 11 is 1.76. The van der Waals surface area contributed by atoms with Gasteiger partial charge in [-0.05, 0) is 61.4 Å². The molecule has 0 unspecified atom stereocenters. The van der Waals surface area contributed by atoms with Crippen LogP contribution in [0.1, 0.15) is 19.3 Å². The molecule has 3 rings (SSSR count). The highest BCUT2D eigenvalue weighted by molar-refractivity contribution is 7.99. The van der Waals surface area contributed by atoms with Gasteiger partial charge in [0.1, 0.15) is 5.82 Å². The molecule has 2 aromatic carbocycles. The molecule has 8 heteroatoms. The van der Waals surface area contributed by atoms with E-state index in [4.69, 9.17) is 0 Å². The van der Waals surface area contributed by atoms with Crippen molar-refractivity contribution in [3.63, 3.8) is 0 Å². The first-order valence-corrected chi connectivity index (χ1v) is 12.1. The summed E-state index contributed by atoms with van der Waals surface area (Å²) in [6.07, 6.45) is 1.86. The van der Waals surface area contributed by atoms with Crippen molar-refractivity contribution in [1.29, 1.82) is 0 Å². The Morgan fingerprint density at radius 1 is 1.07 bits per heavy atom. The third-order valence-electron chi connectivity index (χ3n) is 4.91. The number of carbonyl (C=O) groups excluding carboxylic acids is 1. The Labute approximate surface area is 175 Å². The van der Waals surface area contributed by atoms with Gasteiger partial charge in [0.15, 0.2) is 0 Å². The van der Waals surface area contributed by atoms with Gasteiger partial charge >= 0.3 is 0 Å². The number of thioether (sulfide) groups is 1. The lowest BCUT2D eigenvalue weighted by Gasteiger charge is -2.30. The second-order valence-electron chi connectivity index (χ2n) is 6.94. The van der Waals surface area contributed by atoms with Crippen molar-refractivity contribution >= 4 is 27.7 Å². The number of hydrogen-bond acceptors (Lipinski definition) is 4. The van der Waals surface area contributed by atoms with E-state index in [9.17, 15) is 17.6 Å². The highest BCUT2D eigenvalue weighted by Crippen LogP contribution is 2.24. The molecule has 1 aliphatic rings. The molecule has 2 aromatic rings. The molecule has 1 fully saturated rings. The van der Waals surface area contributed by atoms with Gasteiger partial charge in [-0.3, -0.25) is 4.79 Å². The van der Waals surface area contributed by atoms with E-state index in [0.717, 1.165) is 24.3 Å². The number of hydrogen-bond donors (Lipinski definition) is 1. The van der Waals surface area contributed by atoms with E-state index in [1.165, 1.54) is 21.3 Å². The average Bonchev–Trinajstić information content (AvgIpc) is 2.74. The molecule has 1 amide bonds. The second kappa shape index (κ2) is 10.2. The zero-order chi connectivity index (χ0) is 20.7. The summed E-state index contributed by atoms with van der Waals surface area (Å²) < 4.78 is 39.7. The summed E-state index contributed by atoms with van der Waals surface area (Å²) in [5.41, 5.74) is 0. The molecule has 156 valence electrons. The lowest BCUT2D eigenvalue weighted by Crippen LogP contribution is -2.43. The molecular weight excluding hydrogens is 411 g/mol. The fraction of sp³-hybridized carbons (Fsp3) is 0.381. The molecule has 0 spiro atoms. The monoisotopic (exact) mass is 436 g/mol. The number of amides is 1. The van der Waals surface area contributed by atoms with Crippen molar-refractivity contribution in [3.05, 3.63) is 60.4 Å². The summed E-state index contributed by atoms with van der Waals surface area (Å²) in [5, 5.41) is 2.97. The van der Waals surface area contributed by atoms with Crippen LogP contribution in [0.25, 0.3) is 0 Å². The summed E-state index contributed by atoms with van der Waals surface area (Å²) in [4.78, 5) is 13.7. The molecule has 1 heterocycles. The van der Waals surface area contributed by atoms with Gasteiger partial charge in [-0.2, -0.15) is 4.31 Å². The minimum absolute atomic E-state index is 0.00598. The molecule has 0 bridgehead atoms. The summed E-state index contributed by atoms with van der Waals surface area (Å²) in [5.74, 6) is 0.282. The van der Waals surface area contributed by atoms with Crippen molar-refractivity contribution in [2.75, 3.05) is 25.4 Å². The summed E-state index contributed by atoms with van der Waals surface area (Å²) in [7, 11) is -3.65. The van der Waals surface area contributed by atoms with Gasteiger partial charge in [-0.1, -0.05) is 18.2 Å². The molecule has 0 radical (unpaired) electrons. The first-order valence-electron chi connectivity index (χ1n) is 9.68. The van der Waals surface area contributed by atoms with E-state index in [1.54, 1.807) is 11.8 Å². The second-order valence-corrected chi connectivity index (χ2v) is 10.0. The molecule has 1 aliphatic heterocycles. The predicted octanol–water partition coefficient (Wildman–Crippen LogP) is 3.53. The van der Waals surface area contributed by atoms with Crippen molar-refractivity contribution in [1.82, 2.24) is 9.62 Å². The predicted molar refractivity (Wildman–Crippen MR) is 113 cm³/mol. The number of nitrogens with zero attached hydrogens (tertiary/aromatic N) is 1. The molecule has 0 saturated carbocycles. The SMILES string of the molecule is O=C(NCCCSc1ccccc1)C1CCN(S(=O)(=O)c2ccc(F)cc2)CC1. The Morgan fingerprint density at radius 2 is 1.72 bits per heavy atom. The molecule has 29 heavy (non-hydrogen) atoms. The van der Waals surface area contributed by atoms with E-state index >= 15 is 0 Å². The van der Waals surface area contributed by atoms with E-state index in [0.29, 0.717) is 32.5 Å². The van der Waals surface area contributed by atoms with Gasteiger partial charge in [0.05, 0.1) is 4.90 Å². The number of piperidine rings is 1. The smallest absolute Gasteiger partial charge is 0.243 e. The summed E-state index contributed by atoms with van der Waals surface area (Å²) in [6, 6.07) is 15.0.